The Labute approximate surface area is 116 Å². The number of imide groups is 1. The van der Waals surface area contributed by atoms with E-state index in [-0.39, 0.29) is 11.8 Å². The minimum atomic E-state index is -0.272. The van der Waals surface area contributed by atoms with Crippen molar-refractivity contribution in [3.63, 3.8) is 0 Å². The summed E-state index contributed by atoms with van der Waals surface area (Å²) in [6.45, 7) is 0.355. The van der Waals surface area contributed by atoms with Gasteiger partial charge in [-0.1, -0.05) is 12.1 Å². The normalized spacial score (nSPS) is 14.1. The highest BCUT2D eigenvalue weighted by Gasteiger charge is 2.30. The van der Waals surface area contributed by atoms with Gasteiger partial charge in [-0.3, -0.25) is 14.5 Å². The fraction of sp³-hybridized carbons (Fsp3) is 0.200. The van der Waals surface area contributed by atoms with E-state index < -0.39 is 0 Å². The molecule has 2 N–H and O–H groups in total. The third-order valence-corrected chi connectivity index (χ3v) is 3.75. The van der Waals surface area contributed by atoms with Crippen molar-refractivity contribution >= 4 is 28.3 Å². The molecule has 1 aliphatic heterocycles. The van der Waals surface area contributed by atoms with Crippen LogP contribution in [0.2, 0.25) is 0 Å². The standard InChI is InChI=1S/C15H15N3O2/c1-17(8-16)10-6-9-4-3-5-11-13(9)12(7-10)15(20)18(2)14(11)19/h3-7H,8,16H2,1-2H3. The van der Waals surface area contributed by atoms with Gasteiger partial charge in [0.2, 0.25) is 0 Å². The van der Waals surface area contributed by atoms with Crippen molar-refractivity contribution in [2.75, 3.05) is 25.7 Å². The van der Waals surface area contributed by atoms with E-state index >= 15 is 0 Å². The molecule has 0 aromatic heterocycles. The Hall–Kier alpha value is -2.40. The fourth-order valence-electron chi connectivity index (χ4n) is 2.54. The predicted octanol–water partition coefficient (Wildman–Crippen LogP) is 1.42. The summed E-state index contributed by atoms with van der Waals surface area (Å²) >= 11 is 0. The highest BCUT2D eigenvalue weighted by atomic mass is 16.2. The van der Waals surface area contributed by atoms with Crippen LogP contribution in [0.1, 0.15) is 20.7 Å². The van der Waals surface area contributed by atoms with Crippen LogP contribution >= 0.6 is 0 Å². The molecule has 0 bridgehead atoms. The first-order valence-corrected chi connectivity index (χ1v) is 6.35. The van der Waals surface area contributed by atoms with E-state index in [0.29, 0.717) is 17.8 Å². The fourth-order valence-corrected chi connectivity index (χ4v) is 2.54. The summed E-state index contributed by atoms with van der Waals surface area (Å²) in [5, 5.41) is 1.61. The Bertz CT molecular complexity index is 739. The molecular weight excluding hydrogens is 254 g/mol. The lowest BCUT2D eigenvalue weighted by Crippen LogP contribution is -2.37. The van der Waals surface area contributed by atoms with Crippen LogP contribution in [0.25, 0.3) is 10.8 Å². The largest absolute Gasteiger partial charge is 0.362 e. The molecule has 0 atom stereocenters. The van der Waals surface area contributed by atoms with Crippen molar-refractivity contribution < 1.29 is 9.59 Å². The van der Waals surface area contributed by atoms with Gasteiger partial charge in [-0.05, 0) is 23.6 Å². The second kappa shape index (κ2) is 4.31. The molecule has 20 heavy (non-hydrogen) atoms. The molecule has 0 saturated carbocycles. The highest BCUT2D eigenvalue weighted by molar-refractivity contribution is 6.25. The Kier molecular flexibility index (Phi) is 2.72. The van der Waals surface area contributed by atoms with Gasteiger partial charge < -0.3 is 10.6 Å². The maximum atomic E-state index is 12.3. The number of amides is 2. The highest BCUT2D eigenvalue weighted by Crippen LogP contribution is 2.32. The van der Waals surface area contributed by atoms with Crippen LogP contribution in [-0.4, -0.2) is 37.5 Å². The van der Waals surface area contributed by atoms with Gasteiger partial charge in [0, 0.05) is 30.7 Å². The van der Waals surface area contributed by atoms with Gasteiger partial charge >= 0.3 is 0 Å². The van der Waals surface area contributed by atoms with Crippen LogP contribution < -0.4 is 10.6 Å². The predicted molar refractivity (Wildman–Crippen MR) is 77.8 cm³/mol. The summed E-state index contributed by atoms with van der Waals surface area (Å²) in [7, 11) is 3.37. The van der Waals surface area contributed by atoms with Gasteiger partial charge in [0.05, 0.1) is 12.2 Å². The first kappa shape index (κ1) is 12.6. The Balaban J connectivity index is 2.38. The molecular formula is C15H15N3O2. The number of hydrogen-bond donors (Lipinski definition) is 1. The second-order valence-electron chi connectivity index (χ2n) is 4.95. The zero-order valence-corrected chi connectivity index (χ0v) is 11.4. The number of anilines is 1. The summed E-state index contributed by atoms with van der Waals surface area (Å²) in [4.78, 5) is 27.5. The molecule has 1 heterocycles. The number of benzene rings is 2. The average Bonchev–Trinajstić information content (AvgIpc) is 2.48. The molecule has 0 aliphatic carbocycles. The van der Waals surface area contributed by atoms with Crippen molar-refractivity contribution in [1.29, 1.82) is 0 Å². The maximum absolute atomic E-state index is 12.3. The van der Waals surface area contributed by atoms with E-state index in [4.69, 9.17) is 5.73 Å². The maximum Gasteiger partial charge on any atom is 0.261 e. The third-order valence-electron chi connectivity index (χ3n) is 3.75. The number of carbonyl (C=O) groups is 2. The van der Waals surface area contributed by atoms with E-state index in [0.717, 1.165) is 21.4 Å². The molecule has 1 aliphatic rings. The van der Waals surface area contributed by atoms with E-state index in [9.17, 15) is 9.59 Å². The molecule has 0 spiro atoms. The molecule has 2 aromatic carbocycles. The Morgan fingerprint density at radius 2 is 1.85 bits per heavy atom. The van der Waals surface area contributed by atoms with Crippen LogP contribution in [0.15, 0.2) is 30.3 Å². The zero-order chi connectivity index (χ0) is 14.4. The Morgan fingerprint density at radius 3 is 2.55 bits per heavy atom. The molecule has 102 valence electrons. The summed E-state index contributed by atoms with van der Waals surface area (Å²) in [5.74, 6) is -0.529. The Morgan fingerprint density at radius 1 is 1.15 bits per heavy atom. The van der Waals surface area contributed by atoms with Crippen molar-refractivity contribution in [1.82, 2.24) is 4.90 Å². The quantitative estimate of drug-likeness (QED) is 0.661. The van der Waals surface area contributed by atoms with Gasteiger partial charge in [-0.15, -0.1) is 0 Å². The van der Waals surface area contributed by atoms with Crippen molar-refractivity contribution in [3.8, 4) is 0 Å². The number of carbonyl (C=O) groups excluding carboxylic acids is 2. The van der Waals surface area contributed by atoms with Crippen molar-refractivity contribution in [2.45, 2.75) is 0 Å². The van der Waals surface area contributed by atoms with E-state index in [1.165, 1.54) is 7.05 Å². The van der Waals surface area contributed by atoms with Gasteiger partial charge in [0.1, 0.15) is 0 Å². The SMILES string of the molecule is CN1C(=O)c2cccc3cc(N(C)CN)cc(c23)C1=O. The van der Waals surface area contributed by atoms with Gasteiger partial charge in [-0.25, -0.2) is 0 Å². The number of rotatable bonds is 2. The molecule has 3 rings (SSSR count). The number of nitrogens with zero attached hydrogens (tertiary/aromatic N) is 2. The first-order valence-electron chi connectivity index (χ1n) is 6.35. The molecule has 2 amide bonds. The van der Waals surface area contributed by atoms with Crippen molar-refractivity contribution in [2.24, 2.45) is 5.73 Å². The summed E-state index contributed by atoms with van der Waals surface area (Å²) < 4.78 is 0. The van der Waals surface area contributed by atoms with Crippen LogP contribution in [0, 0.1) is 0 Å². The molecule has 2 aromatic rings. The lowest BCUT2D eigenvalue weighted by Gasteiger charge is -2.26. The first-order chi connectivity index (χ1) is 9.54. The van der Waals surface area contributed by atoms with Crippen LogP contribution in [0.3, 0.4) is 0 Å². The van der Waals surface area contributed by atoms with Crippen LogP contribution in [-0.2, 0) is 0 Å². The second-order valence-corrected chi connectivity index (χ2v) is 4.95. The number of nitrogens with two attached hydrogens (primary N) is 1. The molecule has 0 unspecified atom stereocenters. The number of hydrogen-bond acceptors (Lipinski definition) is 4. The third kappa shape index (κ3) is 1.60. The lowest BCUT2D eigenvalue weighted by atomic mass is 9.93. The van der Waals surface area contributed by atoms with Crippen molar-refractivity contribution in [3.05, 3.63) is 41.5 Å². The van der Waals surface area contributed by atoms with E-state index in [2.05, 4.69) is 0 Å². The van der Waals surface area contributed by atoms with Gasteiger partial charge in [0.15, 0.2) is 0 Å². The molecule has 0 radical (unpaired) electrons. The minimum absolute atomic E-state index is 0.256. The topological polar surface area (TPSA) is 66.6 Å². The summed E-state index contributed by atoms with van der Waals surface area (Å²) in [5.41, 5.74) is 7.63. The van der Waals surface area contributed by atoms with Crippen LogP contribution in [0.5, 0.6) is 0 Å². The molecule has 0 fully saturated rings. The van der Waals surface area contributed by atoms with E-state index in [1.54, 1.807) is 12.1 Å². The molecule has 5 heteroatoms. The van der Waals surface area contributed by atoms with E-state index in [1.807, 2.05) is 30.1 Å². The minimum Gasteiger partial charge on any atom is -0.362 e. The summed E-state index contributed by atoms with van der Waals surface area (Å²) in [6, 6.07) is 9.23. The lowest BCUT2D eigenvalue weighted by molar-refractivity contribution is 0.0651. The summed E-state index contributed by atoms with van der Waals surface area (Å²) in [6.07, 6.45) is 0. The monoisotopic (exact) mass is 269 g/mol. The molecule has 0 saturated heterocycles. The smallest absolute Gasteiger partial charge is 0.261 e. The average molecular weight is 269 g/mol. The van der Waals surface area contributed by atoms with Crippen LogP contribution in [0.4, 0.5) is 5.69 Å². The molecule has 5 nitrogen and oxygen atoms in total. The van der Waals surface area contributed by atoms with Gasteiger partial charge in [-0.2, -0.15) is 0 Å². The van der Waals surface area contributed by atoms with Gasteiger partial charge in [0.25, 0.3) is 11.8 Å². The zero-order valence-electron chi connectivity index (χ0n) is 11.4.